The van der Waals surface area contributed by atoms with Crippen molar-refractivity contribution in [1.82, 2.24) is 14.8 Å². The van der Waals surface area contributed by atoms with Crippen LogP contribution in [0.4, 0.5) is 0 Å². The van der Waals surface area contributed by atoms with Crippen molar-refractivity contribution in [1.29, 1.82) is 0 Å². The van der Waals surface area contributed by atoms with Gasteiger partial charge in [0.25, 0.3) is 5.91 Å². The van der Waals surface area contributed by atoms with Crippen molar-refractivity contribution in [2.45, 2.75) is 6.61 Å². The van der Waals surface area contributed by atoms with Gasteiger partial charge in [-0.2, -0.15) is 0 Å². The van der Waals surface area contributed by atoms with Crippen LogP contribution in [0.15, 0.2) is 54.6 Å². The van der Waals surface area contributed by atoms with Crippen LogP contribution in [0.25, 0.3) is 10.9 Å². The second-order valence-corrected chi connectivity index (χ2v) is 7.06. The van der Waals surface area contributed by atoms with E-state index in [1.54, 1.807) is 0 Å². The van der Waals surface area contributed by atoms with Crippen LogP contribution in [0.2, 0.25) is 0 Å². The van der Waals surface area contributed by atoms with Crippen LogP contribution in [-0.4, -0.2) is 65.1 Å². The summed E-state index contributed by atoms with van der Waals surface area (Å²) in [7, 11) is 0. The standard InChI is InChI=1S/C22H25N3O3/c26-13-12-24-8-10-25(11-9-24)22(27)21-14-18-6-7-19(15-20(18)23-21)28-16-17-4-2-1-3-5-17/h1-7,14-15,23,26H,8-13,16H2. The molecule has 0 saturated carbocycles. The number of rotatable bonds is 6. The minimum Gasteiger partial charge on any atom is -0.489 e. The zero-order valence-electron chi connectivity index (χ0n) is 15.8. The molecule has 146 valence electrons. The number of hydrogen-bond donors (Lipinski definition) is 2. The molecule has 1 amide bonds. The van der Waals surface area contributed by atoms with Gasteiger partial charge in [0.05, 0.1) is 6.61 Å². The Kier molecular flexibility index (Phi) is 5.60. The third kappa shape index (κ3) is 4.18. The molecule has 6 nitrogen and oxygen atoms in total. The Labute approximate surface area is 164 Å². The van der Waals surface area contributed by atoms with Gasteiger partial charge in [-0.1, -0.05) is 30.3 Å². The first kappa shape index (κ1) is 18.5. The Bertz CT molecular complexity index is 931. The zero-order valence-corrected chi connectivity index (χ0v) is 15.8. The Morgan fingerprint density at radius 2 is 1.82 bits per heavy atom. The van der Waals surface area contributed by atoms with Gasteiger partial charge in [-0.15, -0.1) is 0 Å². The number of hydrogen-bond acceptors (Lipinski definition) is 4. The highest BCUT2D eigenvalue weighted by Gasteiger charge is 2.23. The molecule has 1 aliphatic rings. The van der Waals surface area contributed by atoms with Crippen molar-refractivity contribution in [3.05, 3.63) is 65.9 Å². The number of carbonyl (C=O) groups is 1. The molecule has 0 atom stereocenters. The number of aromatic nitrogens is 1. The zero-order chi connectivity index (χ0) is 19.3. The number of nitrogens with one attached hydrogen (secondary N) is 1. The minimum atomic E-state index is 0.0200. The average molecular weight is 379 g/mol. The van der Waals surface area contributed by atoms with Crippen molar-refractivity contribution in [3.8, 4) is 5.75 Å². The van der Waals surface area contributed by atoms with Crippen molar-refractivity contribution in [2.24, 2.45) is 0 Å². The van der Waals surface area contributed by atoms with E-state index in [1.165, 1.54) is 0 Å². The molecule has 28 heavy (non-hydrogen) atoms. The number of aliphatic hydroxyl groups is 1. The molecule has 0 spiro atoms. The quantitative estimate of drug-likeness (QED) is 0.691. The van der Waals surface area contributed by atoms with Crippen LogP contribution in [-0.2, 0) is 6.61 Å². The molecule has 0 radical (unpaired) electrons. The first-order chi connectivity index (χ1) is 13.7. The molecule has 0 aliphatic carbocycles. The molecule has 2 N–H and O–H groups in total. The van der Waals surface area contributed by atoms with Gasteiger partial charge in [0.2, 0.25) is 0 Å². The fourth-order valence-corrected chi connectivity index (χ4v) is 3.54. The number of carbonyl (C=O) groups excluding carboxylic acids is 1. The van der Waals surface area contributed by atoms with E-state index in [-0.39, 0.29) is 12.5 Å². The van der Waals surface area contributed by atoms with Gasteiger partial charge in [0.15, 0.2) is 0 Å². The van der Waals surface area contributed by atoms with Gasteiger partial charge in [0, 0.05) is 49.7 Å². The molecule has 2 aromatic carbocycles. The second-order valence-electron chi connectivity index (χ2n) is 7.06. The molecule has 1 fully saturated rings. The summed E-state index contributed by atoms with van der Waals surface area (Å²) in [6, 6.07) is 17.8. The largest absolute Gasteiger partial charge is 0.489 e. The number of aromatic amines is 1. The third-order valence-electron chi connectivity index (χ3n) is 5.15. The molecular weight excluding hydrogens is 354 g/mol. The average Bonchev–Trinajstić information content (AvgIpc) is 3.17. The van der Waals surface area contributed by atoms with Crippen LogP contribution in [0.3, 0.4) is 0 Å². The minimum absolute atomic E-state index is 0.0200. The molecule has 4 rings (SSSR count). The van der Waals surface area contributed by atoms with Crippen LogP contribution >= 0.6 is 0 Å². The van der Waals surface area contributed by atoms with Crippen molar-refractivity contribution in [3.63, 3.8) is 0 Å². The SMILES string of the molecule is O=C(c1cc2ccc(OCc3ccccc3)cc2[nH]1)N1CCN(CCO)CC1. The summed E-state index contributed by atoms with van der Waals surface area (Å²) in [6.45, 7) is 4.29. The first-order valence-electron chi connectivity index (χ1n) is 9.65. The maximum Gasteiger partial charge on any atom is 0.270 e. The van der Waals surface area contributed by atoms with E-state index >= 15 is 0 Å². The fourth-order valence-electron chi connectivity index (χ4n) is 3.54. The summed E-state index contributed by atoms with van der Waals surface area (Å²) in [5.74, 6) is 0.793. The van der Waals surface area contributed by atoms with Crippen LogP contribution in [0.1, 0.15) is 16.1 Å². The van der Waals surface area contributed by atoms with Crippen LogP contribution in [0, 0.1) is 0 Å². The van der Waals surface area contributed by atoms with E-state index in [4.69, 9.17) is 9.84 Å². The lowest BCUT2D eigenvalue weighted by atomic mass is 10.2. The monoisotopic (exact) mass is 379 g/mol. The first-order valence-corrected chi connectivity index (χ1v) is 9.65. The van der Waals surface area contributed by atoms with Crippen molar-refractivity contribution >= 4 is 16.8 Å². The predicted octanol–water partition coefficient (Wildman–Crippen LogP) is 2.50. The van der Waals surface area contributed by atoms with Crippen molar-refractivity contribution < 1.29 is 14.6 Å². The van der Waals surface area contributed by atoms with Gasteiger partial charge < -0.3 is 19.7 Å². The van der Waals surface area contributed by atoms with Gasteiger partial charge >= 0.3 is 0 Å². The Balaban J connectivity index is 1.42. The maximum atomic E-state index is 12.8. The van der Waals surface area contributed by atoms with Crippen molar-refractivity contribution in [2.75, 3.05) is 39.3 Å². The number of piperazine rings is 1. The summed E-state index contributed by atoms with van der Waals surface area (Å²) >= 11 is 0. The number of benzene rings is 2. The molecule has 1 saturated heterocycles. The van der Waals surface area contributed by atoms with Crippen LogP contribution < -0.4 is 4.74 Å². The highest BCUT2D eigenvalue weighted by Crippen LogP contribution is 2.23. The Morgan fingerprint density at radius 3 is 2.57 bits per heavy atom. The second kappa shape index (κ2) is 8.46. The van der Waals surface area contributed by atoms with E-state index in [0.29, 0.717) is 31.9 Å². The van der Waals surface area contributed by atoms with E-state index in [1.807, 2.05) is 59.5 Å². The lowest BCUT2D eigenvalue weighted by Crippen LogP contribution is -2.49. The summed E-state index contributed by atoms with van der Waals surface area (Å²) in [5, 5.41) is 10.0. The molecule has 0 bridgehead atoms. The lowest BCUT2D eigenvalue weighted by molar-refractivity contribution is 0.0610. The molecule has 2 heterocycles. The maximum absolute atomic E-state index is 12.8. The Hall–Kier alpha value is -2.83. The van der Waals surface area contributed by atoms with E-state index in [2.05, 4.69) is 9.88 Å². The van der Waals surface area contributed by atoms with E-state index in [0.717, 1.165) is 35.3 Å². The number of amides is 1. The fraction of sp³-hybridized carbons (Fsp3) is 0.318. The molecular formula is C22H25N3O3. The van der Waals surface area contributed by atoms with Gasteiger partial charge in [0.1, 0.15) is 18.1 Å². The van der Waals surface area contributed by atoms with Crippen LogP contribution in [0.5, 0.6) is 5.75 Å². The molecule has 6 heteroatoms. The number of H-pyrrole nitrogens is 1. The molecule has 0 unspecified atom stereocenters. The Morgan fingerprint density at radius 1 is 1.04 bits per heavy atom. The van der Waals surface area contributed by atoms with E-state index in [9.17, 15) is 4.79 Å². The summed E-state index contributed by atoms with van der Waals surface area (Å²) in [5.41, 5.74) is 2.61. The topological polar surface area (TPSA) is 68.8 Å². The highest BCUT2D eigenvalue weighted by atomic mass is 16.5. The van der Waals surface area contributed by atoms with Gasteiger partial charge in [-0.25, -0.2) is 0 Å². The smallest absolute Gasteiger partial charge is 0.270 e. The highest BCUT2D eigenvalue weighted by molar-refractivity contribution is 5.98. The lowest BCUT2D eigenvalue weighted by Gasteiger charge is -2.34. The van der Waals surface area contributed by atoms with Gasteiger partial charge in [-0.3, -0.25) is 9.69 Å². The van der Waals surface area contributed by atoms with Gasteiger partial charge in [-0.05, 0) is 23.8 Å². The summed E-state index contributed by atoms with van der Waals surface area (Å²) in [6.07, 6.45) is 0. The number of fused-ring (bicyclic) bond motifs is 1. The third-order valence-corrected chi connectivity index (χ3v) is 5.15. The predicted molar refractivity (Wildman–Crippen MR) is 109 cm³/mol. The summed E-state index contributed by atoms with van der Waals surface area (Å²) < 4.78 is 5.88. The molecule has 1 aliphatic heterocycles. The summed E-state index contributed by atoms with van der Waals surface area (Å²) in [4.78, 5) is 20.1. The number of aliphatic hydroxyl groups excluding tert-OH is 1. The number of ether oxygens (including phenoxy) is 1. The normalized spacial score (nSPS) is 15.1. The number of β-amino-alcohol motifs (C(OH)–C–C–N with tert-alkyl or cyclic N) is 1. The molecule has 1 aromatic heterocycles. The molecule has 3 aromatic rings. The number of nitrogens with zero attached hydrogens (tertiary/aromatic N) is 2. The van der Waals surface area contributed by atoms with E-state index < -0.39 is 0 Å².